The number of nitrogens with zero attached hydrogens (tertiary/aromatic N) is 2. The van der Waals surface area contributed by atoms with Crippen molar-refractivity contribution in [1.82, 2.24) is 0 Å². The average Bonchev–Trinajstić information content (AvgIpc) is 3.17. The van der Waals surface area contributed by atoms with Crippen LogP contribution in [0.3, 0.4) is 0 Å². The number of hydrogen-bond acceptors (Lipinski definition) is 0. The summed E-state index contributed by atoms with van der Waals surface area (Å²) in [5.74, 6) is 0.515. The van der Waals surface area contributed by atoms with E-state index >= 15 is 0 Å². The smallest absolute Gasteiger partial charge is 0.257 e. The third kappa shape index (κ3) is 4.54. The molecule has 0 saturated carbocycles. The van der Waals surface area contributed by atoms with E-state index in [0.29, 0.717) is 5.92 Å². The third-order valence-corrected chi connectivity index (χ3v) is 7.93. The van der Waals surface area contributed by atoms with Gasteiger partial charge in [-0.05, 0) is 32.4 Å². The SMILES string of the molecule is CC1=CC(C)C=C(C)[C-]1[n+]1c[cH-][n+](CCP(c2ccccc2)c2ccccc2)c1. The summed E-state index contributed by atoms with van der Waals surface area (Å²) in [6.07, 6.45) is 12.5. The van der Waals surface area contributed by atoms with E-state index in [9.17, 15) is 0 Å². The second-order valence-corrected chi connectivity index (χ2v) is 10.1. The van der Waals surface area contributed by atoms with Gasteiger partial charge in [-0.2, -0.15) is 0 Å². The van der Waals surface area contributed by atoms with Crippen LogP contribution >= 0.6 is 7.92 Å². The van der Waals surface area contributed by atoms with Gasteiger partial charge in [-0.3, -0.25) is 4.57 Å². The van der Waals surface area contributed by atoms with E-state index in [4.69, 9.17) is 0 Å². The van der Waals surface area contributed by atoms with E-state index in [2.05, 4.69) is 121 Å². The molecule has 1 aliphatic carbocycles. The van der Waals surface area contributed by atoms with Gasteiger partial charge in [0, 0.05) is 6.16 Å². The fourth-order valence-electron chi connectivity index (χ4n) is 4.21. The van der Waals surface area contributed by atoms with Crippen LogP contribution in [-0.2, 0) is 6.54 Å². The number of aryl methyl sites for hydroxylation is 1. The van der Waals surface area contributed by atoms with Crippen molar-refractivity contribution in [2.24, 2.45) is 5.92 Å². The molecule has 1 aromatic heterocycles. The molecule has 0 unspecified atom stereocenters. The zero-order valence-electron chi connectivity index (χ0n) is 17.5. The van der Waals surface area contributed by atoms with Crippen LogP contribution in [0.2, 0.25) is 0 Å². The van der Waals surface area contributed by atoms with Gasteiger partial charge in [-0.1, -0.05) is 84.7 Å². The molecule has 0 spiro atoms. The first-order valence-electron chi connectivity index (χ1n) is 10.3. The molecule has 0 radical (unpaired) electrons. The molecule has 3 aromatic rings. The lowest BCUT2D eigenvalue weighted by molar-refractivity contribution is -0.772. The molecule has 148 valence electrons. The summed E-state index contributed by atoms with van der Waals surface area (Å²) >= 11 is 0. The summed E-state index contributed by atoms with van der Waals surface area (Å²) < 4.78 is 4.60. The fourth-order valence-corrected chi connectivity index (χ4v) is 6.52. The molecular formula is C26H29N2P. The molecule has 0 N–H and O–H groups in total. The lowest BCUT2D eigenvalue weighted by Crippen LogP contribution is -2.45. The lowest BCUT2D eigenvalue weighted by atomic mass is 9.89. The lowest BCUT2D eigenvalue weighted by Gasteiger charge is -2.25. The van der Waals surface area contributed by atoms with E-state index < -0.39 is 0 Å². The third-order valence-electron chi connectivity index (χ3n) is 5.44. The maximum absolute atomic E-state index is 2.34. The zero-order chi connectivity index (χ0) is 20.2. The maximum atomic E-state index is 2.34. The molecule has 3 heteroatoms. The van der Waals surface area contributed by atoms with Crippen molar-refractivity contribution in [2.75, 3.05) is 6.16 Å². The molecule has 2 nitrogen and oxygen atoms in total. The summed E-state index contributed by atoms with van der Waals surface area (Å²) in [5, 5.41) is 2.89. The molecule has 1 heterocycles. The molecule has 2 aromatic carbocycles. The van der Waals surface area contributed by atoms with E-state index in [-0.39, 0.29) is 7.92 Å². The number of aromatic nitrogens is 2. The van der Waals surface area contributed by atoms with Gasteiger partial charge in [0.15, 0.2) is 0 Å². The van der Waals surface area contributed by atoms with Gasteiger partial charge in [0.1, 0.15) is 12.6 Å². The summed E-state index contributed by atoms with van der Waals surface area (Å²) in [7, 11) is -0.363. The summed E-state index contributed by atoms with van der Waals surface area (Å²) in [6.45, 7) is 7.69. The summed E-state index contributed by atoms with van der Waals surface area (Å²) in [4.78, 5) is 0. The Bertz CT molecular complexity index is 942. The van der Waals surface area contributed by atoms with Gasteiger partial charge in [0.25, 0.3) is 6.33 Å². The van der Waals surface area contributed by atoms with Gasteiger partial charge in [-0.15, -0.1) is 12.2 Å². The molecule has 4 rings (SSSR count). The predicted octanol–water partition coefficient (Wildman–Crippen LogP) is 4.04. The van der Waals surface area contributed by atoms with E-state index in [0.717, 1.165) is 12.7 Å². The molecule has 1 aliphatic rings. The molecule has 0 aliphatic heterocycles. The molecule has 0 saturated heterocycles. The molecular weight excluding hydrogens is 371 g/mol. The minimum atomic E-state index is -0.363. The first-order valence-corrected chi connectivity index (χ1v) is 11.8. The van der Waals surface area contributed by atoms with Crippen LogP contribution in [-0.4, -0.2) is 6.16 Å². The van der Waals surface area contributed by atoms with Crippen LogP contribution in [0.5, 0.6) is 0 Å². The van der Waals surface area contributed by atoms with Crippen LogP contribution in [0.15, 0.2) is 103 Å². The van der Waals surface area contributed by atoms with Crippen LogP contribution in [0.1, 0.15) is 20.8 Å². The molecule has 29 heavy (non-hydrogen) atoms. The van der Waals surface area contributed by atoms with E-state index in [1.807, 2.05) is 0 Å². The van der Waals surface area contributed by atoms with Gasteiger partial charge in [0.2, 0.25) is 0 Å². The monoisotopic (exact) mass is 400 g/mol. The standard InChI is InChI=1S/C26H29N2P/c1-21-18-22(2)26(23(3)19-21)28-15-14-27(20-28)16-17-29(24-10-6-4-7-11-24)25-12-8-5-9-13-25/h4-15,18-21H,16-17H2,1-3H3. The Labute approximate surface area is 176 Å². The summed E-state index contributed by atoms with van der Waals surface area (Å²) in [6, 6.07) is 23.2. The summed E-state index contributed by atoms with van der Waals surface area (Å²) in [5.41, 5.74) is 2.71. The quantitative estimate of drug-likeness (QED) is 0.335. The Kier molecular flexibility index (Phi) is 6.02. The normalized spacial score (nSPS) is 14.8. The van der Waals surface area contributed by atoms with Gasteiger partial charge >= 0.3 is 0 Å². The molecule has 0 amide bonds. The Balaban J connectivity index is 1.52. The minimum Gasteiger partial charge on any atom is -0.309 e. The Morgan fingerprint density at radius 3 is 2.00 bits per heavy atom. The van der Waals surface area contributed by atoms with Crippen molar-refractivity contribution in [3.63, 3.8) is 0 Å². The van der Waals surface area contributed by atoms with E-state index in [1.54, 1.807) is 0 Å². The van der Waals surface area contributed by atoms with Crippen LogP contribution in [0.25, 0.3) is 0 Å². The van der Waals surface area contributed by atoms with Gasteiger partial charge in [-0.25, -0.2) is 0 Å². The number of benzene rings is 2. The largest absolute Gasteiger partial charge is 0.309 e. The number of rotatable bonds is 6. The van der Waals surface area contributed by atoms with Crippen molar-refractivity contribution in [1.29, 1.82) is 0 Å². The first-order chi connectivity index (χ1) is 14.1. The first kappa shape index (κ1) is 19.7. The molecule has 0 atom stereocenters. The van der Waals surface area contributed by atoms with Crippen molar-refractivity contribution < 1.29 is 9.13 Å². The minimum absolute atomic E-state index is 0.363. The highest BCUT2D eigenvalue weighted by Crippen LogP contribution is 2.33. The predicted molar refractivity (Wildman–Crippen MR) is 122 cm³/mol. The Morgan fingerprint density at radius 1 is 0.897 bits per heavy atom. The fraction of sp³-hybridized carbons (Fsp3) is 0.231. The average molecular weight is 401 g/mol. The van der Waals surface area contributed by atoms with Crippen molar-refractivity contribution in [3.05, 3.63) is 109 Å². The highest BCUT2D eigenvalue weighted by molar-refractivity contribution is 7.72. The Morgan fingerprint density at radius 2 is 1.45 bits per heavy atom. The maximum Gasteiger partial charge on any atom is 0.257 e. The van der Waals surface area contributed by atoms with Crippen molar-refractivity contribution in [2.45, 2.75) is 27.3 Å². The van der Waals surface area contributed by atoms with Crippen molar-refractivity contribution in [3.8, 4) is 0 Å². The van der Waals surface area contributed by atoms with Crippen molar-refractivity contribution >= 4 is 18.5 Å². The van der Waals surface area contributed by atoms with Crippen LogP contribution in [0, 0.1) is 12.0 Å². The second-order valence-electron chi connectivity index (χ2n) is 7.79. The van der Waals surface area contributed by atoms with Crippen LogP contribution in [0.4, 0.5) is 0 Å². The molecule has 0 bridgehead atoms. The number of imidazole rings is 1. The topological polar surface area (TPSA) is 7.76 Å². The zero-order valence-corrected chi connectivity index (χ0v) is 18.4. The Hall–Kier alpha value is -2.57. The number of hydrogen-bond donors (Lipinski definition) is 0. The van der Waals surface area contributed by atoms with Gasteiger partial charge in [0.05, 0.1) is 12.4 Å². The molecule has 0 fully saturated rings. The highest BCUT2D eigenvalue weighted by Gasteiger charge is 2.22. The van der Waals surface area contributed by atoms with Crippen LogP contribution < -0.4 is 19.7 Å². The second kappa shape index (κ2) is 8.84. The number of allylic oxidation sites excluding steroid dienone is 4. The van der Waals surface area contributed by atoms with E-state index in [1.165, 1.54) is 27.8 Å². The highest BCUT2D eigenvalue weighted by atomic mass is 31.1. The van der Waals surface area contributed by atoms with Gasteiger partial charge < -0.3 is 4.57 Å².